The molecule has 1 aliphatic rings. The van der Waals surface area contributed by atoms with Gasteiger partial charge in [0.05, 0.1) is 24.0 Å². The number of ketones is 1. The number of rotatable bonds is 9. The molecule has 3 rings (SSSR count). The monoisotopic (exact) mass is 559 g/mol. The molecule has 3 atom stereocenters. The zero-order valence-electron chi connectivity index (χ0n) is 23.2. The number of hydrogen-bond acceptors (Lipinski definition) is 5. The van der Waals surface area contributed by atoms with Crippen LogP contribution < -0.4 is 0 Å². The smallest absolute Gasteiger partial charge is 0.309 e. The number of halogens is 1. The van der Waals surface area contributed by atoms with E-state index >= 15 is 0 Å². The minimum Gasteiger partial charge on any atom is -0.469 e. The molecule has 0 aromatic heterocycles. The van der Waals surface area contributed by atoms with Gasteiger partial charge >= 0.3 is 5.97 Å². The molecule has 0 unspecified atom stereocenters. The summed E-state index contributed by atoms with van der Waals surface area (Å²) in [6.45, 7) is 11.6. The minimum absolute atomic E-state index is 0.0596. The Labute approximate surface area is 232 Å². The molecule has 0 N–H and O–H groups in total. The van der Waals surface area contributed by atoms with Crippen LogP contribution in [-0.2, 0) is 24.3 Å². The van der Waals surface area contributed by atoms with Crippen LogP contribution in [0, 0.1) is 24.2 Å². The first kappa shape index (κ1) is 30.1. The number of ether oxygens (including phenoxy) is 1. The topological polar surface area (TPSA) is 80.8 Å². The van der Waals surface area contributed by atoms with E-state index in [-0.39, 0.29) is 23.0 Å². The van der Waals surface area contributed by atoms with E-state index in [0.717, 1.165) is 0 Å². The number of methoxy groups -OCH3 is 1. The maximum atomic E-state index is 14.3. The van der Waals surface area contributed by atoms with Crippen LogP contribution in [0.15, 0.2) is 65.1 Å². The number of esters is 1. The molecular formula is C30H38ClNO5S. The molecular weight excluding hydrogens is 522 g/mol. The molecule has 2 aromatic rings. The van der Waals surface area contributed by atoms with Crippen molar-refractivity contribution in [1.29, 1.82) is 0 Å². The van der Waals surface area contributed by atoms with Crippen LogP contribution in [0.25, 0.3) is 0 Å². The van der Waals surface area contributed by atoms with Crippen LogP contribution in [0.5, 0.6) is 0 Å². The minimum atomic E-state index is -4.04. The molecule has 8 heteroatoms. The summed E-state index contributed by atoms with van der Waals surface area (Å²) in [7, 11) is -2.72. The fourth-order valence-electron chi connectivity index (χ4n) is 5.07. The number of hydrogen-bond donors (Lipinski definition) is 0. The lowest BCUT2D eigenvalue weighted by Crippen LogP contribution is -2.45. The lowest BCUT2D eigenvalue weighted by molar-refractivity contribution is -0.147. The lowest BCUT2D eigenvalue weighted by Gasteiger charge is -2.37. The van der Waals surface area contributed by atoms with Crippen LogP contribution in [0.1, 0.15) is 64.6 Å². The Balaban J connectivity index is 2.20. The second-order valence-corrected chi connectivity index (χ2v) is 13.7. The van der Waals surface area contributed by atoms with Gasteiger partial charge in [0.2, 0.25) is 10.0 Å². The summed E-state index contributed by atoms with van der Waals surface area (Å²) in [5, 5.41) is 0.506. The van der Waals surface area contributed by atoms with Crippen molar-refractivity contribution in [2.45, 2.75) is 71.4 Å². The maximum Gasteiger partial charge on any atom is 0.309 e. The van der Waals surface area contributed by atoms with Gasteiger partial charge < -0.3 is 4.74 Å². The van der Waals surface area contributed by atoms with Gasteiger partial charge in [0.15, 0.2) is 5.78 Å². The lowest BCUT2D eigenvalue weighted by atomic mass is 9.86. The molecule has 0 radical (unpaired) electrons. The Morgan fingerprint density at radius 3 is 2.18 bits per heavy atom. The third-order valence-electron chi connectivity index (χ3n) is 6.93. The third-order valence-corrected chi connectivity index (χ3v) is 9.19. The highest BCUT2D eigenvalue weighted by Gasteiger charge is 2.49. The van der Waals surface area contributed by atoms with E-state index in [2.05, 4.69) is 0 Å². The number of sulfonamides is 1. The van der Waals surface area contributed by atoms with E-state index in [1.807, 2.05) is 34.6 Å². The van der Waals surface area contributed by atoms with E-state index in [1.54, 1.807) is 61.5 Å². The Morgan fingerprint density at radius 2 is 1.66 bits per heavy atom. The molecule has 0 spiro atoms. The van der Waals surface area contributed by atoms with Crippen molar-refractivity contribution in [3.63, 3.8) is 0 Å². The first-order valence-corrected chi connectivity index (χ1v) is 14.7. The highest BCUT2D eigenvalue weighted by molar-refractivity contribution is 7.89. The number of benzene rings is 2. The quantitative estimate of drug-likeness (QED) is 0.326. The highest BCUT2D eigenvalue weighted by atomic mass is 35.5. The zero-order chi connectivity index (χ0) is 28.4. The predicted molar refractivity (Wildman–Crippen MR) is 150 cm³/mol. The molecule has 2 aromatic carbocycles. The summed E-state index contributed by atoms with van der Waals surface area (Å²) >= 11 is 6.16. The Morgan fingerprint density at radius 1 is 1.05 bits per heavy atom. The van der Waals surface area contributed by atoms with Gasteiger partial charge in [0, 0.05) is 23.1 Å². The summed E-state index contributed by atoms with van der Waals surface area (Å²) in [5.41, 5.74) is 1.10. The van der Waals surface area contributed by atoms with Crippen LogP contribution in [0.3, 0.4) is 0 Å². The van der Waals surface area contributed by atoms with E-state index in [0.29, 0.717) is 28.1 Å². The average Bonchev–Trinajstić information content (AvgIpc) is 3.26. The van der Waals surface area contributed by atoms with E-state index in [1.165, 1.54) is 11.4 Å². The van der Waals surface area contributed by atoms with Crippen molar-refractivity contribution < 1.29 is 22.7 Å². The number of Topliss-reactive ketones (excluding diaryl/α,β-unsaturated/α-hetero) is 1. The van der Waals surface area contributed by atoms with E-state index in [4.69, 9.17) is 16.3 Å². The summed E-state index contributed by atoms with van der Waals surface area (Å²) in [6, 6.07) is 12.3. The molecule has 0 saturated carbocycles. The van der Waals surface area contributed by atoms with Crippen molar-refractivity contribution in [3.05, 3.63) is 76.3 Å². The molecule has 38 heavy (non-hydrogen) atoms. The second kappa shape index (κ2) is 11.7. The van der Waals surface area contributed by atoms with E-state index in [9.17, 15) is 18.0 Å². The summed E-state index contributed by atoms with van der Waals surface area (Å²) in [5.74, 6) is -1.14. The van der Waals surface area contributed by atoms with Gasteiger partial charge in [0.1, 0.15) is 0 Å². The van der Waals surface area contributed by atoms with Crippen molar-refractivity contribution in [3.8, 4) is 0 Å². The third kappa shape index (κ3) is 6.38. The van der Waals surface area contributed by atoms with Gasteiger partial charge in [-0.25, -0.2) is 8.42 Å². The molecule has 6 nitrogen and oxygen atoms in total. The fourth-order valence-corrected chi connectivity index (χ4v) is 7.34. The average molecular weight is 560 g/mol. The maximum absolute atomic E-state index is 14.3. The molecule has 1 aliphatic heterocycles. The molecule has 206 valence electrons. The van der Waals surface area contributed by atoms with Crippen LogP contribution >= 0.6 is 11.6 Å². The van der Waals surface area contributed by atoms with Gasteiger partial charge in [-0.2, -0.15) is 4.31 Å². The second-order valence-electron chi connectivity index (χ2n) is 11.5. The highest BCUT2D eigenvalue weighted by Crippen LogP contribution is 2.47. The first-order valence-electron chi connectivity index (χ1n) is 12.9. The fraction of sp³-hybridized carbons (Fsp3) is 0.467. The molecule has 0 fully saturated rings. The molecule has 0 amide bonds. The predicted octanol–water partition coefficient (Wildman–Crippen LogP) is 6.53. The summed E-state index contributed by atoms with van der Waals surface area (Å²) < 4.78 is 35.1. The van der Waals surface area contributed by atoms with Gasteiger partial charge in [0.25, 0.3) is 0 Å². The molecule has 0 aliphatic carbocycles. The standard InChI is InChI=1S/C30H38ClNO5S/c1-19(2)16-22(29(34)37-7)17-25(33)24-18-27(30(4,5)6)32(28(24)21-12-14-23(31)15-13-21)38(35,36)26-11-9-8-10-20(26)3/h8-15,18-19,22,27-28H,16-17H2,1-7H3/t22-,27+,28+/m1/s1. The van der Waals surface area contributed by atoms with Crippen molar-refractivity contribution in [1.82, 2.24) is 4.31 Å². The molecule has 1 heterocycles. The number of nitrogens with zero attached hydrogens (tertiary/aromatic N) is 1. The normalized spacial score (nSPS) is 19.3. The van der Waals surface area contributed by atoms with Crippen LogP contribution in [0.4, 0.5) is 0 Å². The zero-order valence-corrected chi connectivity index (χ0v) is 24.8. The van der Waals surface area contributed by atoms with Gasteiger partial charge in [-0.3, -0.25) is 9.59 Å². The van der Waals surface area contributed by atoms with Gasteiger partial charge in [-0.1, -0.05) is 82.6 Å². The van der Waals surface area contributed by atoms with Crippen molar-refractivity contribution in [2.24, 2.45) is 17.3 Å². The largest absolute Gasteiger partial charge is 0.469 e. The van der Waals surface area contributed by atoms with Gasteiger partial charge in [-0.15, -0.1) is 0 Å². The van der Waals surface area contributed by atoms with Crippen LogP contribution in [0.2, 0.25) is 5.02 Å². The Hall–Kier alpha value is -2.48. The van der Waals surface area contributed by atoms with E-state index < -0.39 is 39.4 Å². The first-order chi connectivity index (χ1) is 17.7. The number of carbonyl (C=O) groups is 2. The van der Waals surface area contributed by atoms with Crippen molar-refractivity contribution >= 4 is 33.4 Å². The Bertz CT molecular complexity index is 1310. The SMILES string of the molecule is COC(=O)[C@@H](CC(=O)C1=C[C@@H](C(C)(C)C)N(S(=O)(=O)c2ccccc2C)[C@H]1c1ccc(Cl)cc1)CC(C)C. The number of aryl methyl sites for hydroxylation is 1. The molecule has 0 bridgehead atoms. The number of carbonyl (C=O) groups excluding carboxylic acids is 2. The van der Waals surface area contributed by atoms with Gasteiger partial charge in [-0.05, 0) is 54.0 Å². The van der Waals surface area contributed by atoms with Crippen molar-refractivity contribution in [2.75, 3.05) is 7.11 Å². The summed E-state index contributed by atoms with van der Waals surface area (Å²) in [4.78, 5) is 26.7. The molecule has 0 saturated heterocycles. The van der Waals surface area contributed by atoms with Crippen LogP contribution in [-0.4, -0.2) is 37.6 Å². The summed E-state index contributed by atoms with van der Waals surface area (Å²) in [6.07, 6.45) is 2.21. The Kier molecular flexibility index (Phi) is 9.28.